The fraction of sp³-hybridized carbons (Fsp3) is 0.944. The van der Waals surface area contributed by atoms with E-state index < -0.39 is 9.84 Å². The third-order valence-corrected chi connectivity index (χ3v) is 7.02. The molecule has 1 unspecified atom stereocenters. The fourth-order valence-corrected chi connectivity index (χ4v) is 4.84. The third-order valence-electron chi connectivity index (χ3n) is 4.82. The van der Waals surface area contributed by atoms with Gasteiger partial charge in [-0.25, -0.2) is 8.42 Å². The zero-order valence-electron chi connectivity index (χ0n) is 15.1. The number of thiocarbonyl (C=S) groups is 1. The molecule has 1 atom stereocenters. The van der Waals surface area contributed by atoms with Gasteiger partial charge in [0.25, 0.3) is 0 Å². The Kier molecular flexibility index (Phi) is 10.4. The Morgan fingerprint density at radius 2 is 1.39 bits per heavy atom. The molecule has 1 aliphatic rings. The Bertz CT molecular complexity index is 420. The van der Waals surface area contributed by atoms with E-state index in [1.54, 1.807) is 0 Å². The van der Waals surface area contributed by atoms with Crippen molar-refractivity contribution >= 4 is 27.0 Å². The molecule has 0 aromatic carbocycles. The molecule has 0 aromatic heterocycles. The van der Waals surface area contributed by atoms with Gasteiger partial charge in [-0.1, -0.05) is 77.4 Å². The second-order valence-corrected chi connectivity index (χ2v) is 9.59. The SMILES string of the molecule is CCCCCCCC(CCCCC)C(=S)N1CCS(=O)(=O)CC1. The lowest BCUT2D eigenvalue weighted by Crippen LogP contribution is -2.45. The summed E-state index contributed by atoms with van der Waals surface area (Å²) in [7, 11) is -2.82. The van der Waals surface area contributed by atoms with Crippen molar-refractivity contribution in [1.82, 2.24) is 4.90 Å². The van der Waals surface area contributed by atoms with E-state index in [1.807, 2.05) is 0 Å². The topological polar surface area (TPSA) is 37.4 Å². The average Bonchev–Trinajstić information content (AvgIpc) is 2.52. The van der Waals surface area contributed by atoms with Gasteiger partial charge in [-0.2, -0.15) is 0 Å². The highest BCUT2D eigenvalue weighted by Gasteiger charge is 2.26. The van der Waals surface area contributed by atoms with Gasteiger partial charge < -0.3 is 4.90 Å². The van der Waals surface area contributed by atoms with Crippen LogP contribution in [0.4, 0.5) is 0 Å². The van der Waals surface area contributed by atoms with Crippen LogP contribution in [0.1, 0.15) is 78.1 Å². The first-order chi connectivity index (χ1) is 11.0. The minimum absolute atomic E-state index is 0.269. The van der Waals surface area contributed by atoms with E-state index in [0.29, 0.717) is 19.0 Å². The molecular formula is C18H35NO2S2. The van der Waals surface area contributed by atoms with Crippen molar-refractivity contribution < 1.29 is 8.42 Å². The molecular weight excluding hydrogens is 326 g/mol. The second kappa shape index (κ2) is 11.4. The van der Waals surface area contributed by atoms with E-state index in [9.17, 15) is 8.42 Å². The van der Waals surface area contributed by atoms with Crippen molar-refractivity contribution in [3.05, 3.63) is 0 Å². The summed E-state index contributed by atoms with van der Waals surface area (Å²) in [5.41, 5.74) is 0. The number of unbranched alkanes of at least 4 members (excludes halogenated alkanes) is 6. The molecule has 1 rings (SSSR count). The van der Waals surface area contributed by atoms with Crippen LogP contribution in [0.15, 0.2) is 0 Å². The lowest BCUT2D eigenvalue weighted by molar-refractivity contribution is 0.399. The molecule has 0 aromatic rings. The summed E-state index contributed by atoms with van der Waals surface area (Å²) in [5, 5.41) is 0. The molecule has 0 radical (unpaired) electrons. The van der Waals surface area contributed by atoms with Crippen LogP contribution in [-0.4, -0.2) is 42.9 Å². The molecule has 0 bridgehead atoms. The number of rotatable bonds is 11. The Morgan fingerprint density at radius 1 is 0.913 bits per heavy atom. The molecule has 1 heterocycles. The summed E-state index contributed by atoms with van der Waals surface area (Å²) in [5.74, 6) is 1.01. The van der Waals surface area contributed by atoms with Crippen LogP contribution in [-0.2, 0) is 9.84 Å². The lowest BCUT2D eigenvalue weighted by Gasteiger charge is -2.33. The first-order valence-corrected chi connectivity index (χ1v) is 11.7. The second-order valence-electron chi connectivity index (χ2n) is 6.87. The monoisotopic (exact) mass is 361 g/mol. The van der Waals surface area contributed by atoms with Gasteiger partial charge in [-0.15, -0.1) is 0 Å². The molecule has 1 saturated heterocycles. The van der Waals surface area contributed by atoms with E-state index in [2.05, 4.69) is 18.7 Å². The van der Waals surface area contributed by atoms with E-state index in [0.717, 1.165) is 4.99 Å². The van der Waals surface area contributed by atoms with Crippen LogP contribution in [0.25, 0.3) is 0 Å². The Hall–Kier alpha value is -0.160. The number of sulfone groups is 1. The maximum atomic E-state index is 11.6. The standard InChI is InChI=1S/C18H35NO2S2/c1-3-5-7-8-10-12-17(11-9-6-4-2)18(22)19-13-15-23(20,21)16-14-19/h17H,3-16H2,1-2H3. The minimum Gasteiger partial charge on any atom is -0.364 e. The highest BCUT2D eigenvalue weighted by atomic mass is 32.2. The zero-order chi connectivity index (χ0) is 17.1. The smallest absolute Gasteiger partial charge is 0.153 e. The van der Waals surface area contributed by atoms with Gasteiger partial charge in [0.1, 0.15) is 0 Å². The van der Waals surface area contributed by atoms with Crippen LogP contribution in [0.2, 0.25) is 0 Å². The van der Waals surface area contributed by atoms with Crippen LogP contribution in [0, 0.1) is 5.92 Å². The first kappa shape index (κ1) is 20.9. The highest BCUT2D eigenvalue weighted by Crippen LogP contribution is 2.23. The van der Waals surface area contributed by atoms with Gasteiger partial charge in [-0.3, -0.25) is 0 Å². The Morgan fingerprint density at radius 3 is 1.96 bits per heavy atom. The predicted octanol–water partition coefficient (Wildman–Crippen LogP) is 4.60. The number of nitrogens with zero attached hydrogens (tertiary/aromatic N) is 1. The van der Waals surface area contributed by atoms with E-state index in [4.69, 9.17) is 12.2 Å². The van der Waals surface area contributed by atoms with Crippen LogP contribution < -0.4 is 0 Å². The van der Waals surface area contributed by atoms with E-state index >= 15 is 0 Å². The van der Waals surface area contributed by atoms with Crippen molar-refractivity contribution in [3.8, 4) is 0 Å². The van der Waals surface area contributed by atoms with Crippen molar-refractivity contribution in [1.29, 1.82) is 0 Å². The zero-order valence-corrected chi connectivity index (χ0v) is 16.7. The molecule has 0 spiro atoms. The van der Waals surface area contributed by atoms with Crippen molar-refractivity contribution in [2.45, 2.75) is 78.1 Å². The molecule has 3 nitrogen and oxygen atoms in total. The largest absolute Gasteiger partial charge is 0.364 e. The molecule has 23 heavy (non-hydrogen) atoms. The quantitative estimate of drug-likeness (QED) is 0.398. The minimum atomic E-state index is -2.82. The van der Waals surface area contributed by atoms with Gasteiger partial charge in [0, 0.05) is 19.0 Å². The molecule has 0 N–H and O–H groups in total. The molecule has 0 aliphatic carbocycles. The summed E-state index contributed by atoms with van der Waals surface area (Å²) in [6.07, 6.45) is 12.6. The van der Waals surface area contributed by atoms with Crippen molar-refractivity contribution in [2.24, 2.45) is 5.92 Å². The average molecular weight is 362 g/mol. The van der Waals surface area contributed by atoms with E-state index in [-0.39, 0.29) is 11.5 Å². The molecule has 0 saturated carbocycles. The Balaban J connectivity index is 2.47. The van der Waals surface area contributed by atoms with Gasteiger partial charge in [0.2, 0.25) is 0 Å². The van der Waals surface area contributed by atoms with Crippen molar-refractivity contribution in [2.75, 3.05) is 24.6 Å². The summed E-state index contributed by atoms with van der Waals surface area (Å²) < 4.78 is 23.2. The lowest BCUT2D eigenvalue weighted by atomic mass is 9.93. The number of hydrogen-bond donors (Lipinski definition) is 0. The summed E-state index contributed by atoms with van der Waals surface area (Å²) in [6, 6.07) is 0. The Labute approximate surface area is 149 Å². The normalized spacial score (nSPS) is 18.8. The molecule has 0 amide bonds. The predicted molar refractivity (Wildman–Crippen MR) is 104 cm³/mol. The maximum Gasteiger partial charge on any atom is 0.153 e. The van der Waals surface area contributed by atoms with Gasteiger partial charge >= 0.3 is 0 Å². The maximum absolute atomic E-state index is 11.6. The van der Waals surface area contributed by atoms with Gasteiger partial charge in [0.05, 0.1) is 16.5 Å². The highest BCUT2D eigenvalue weighted by molar-refractivity contribution is 7.91. The molecule has 1 fully saturated rings. The van der Waals surface area contributed by atoms with Crippen LogP contribution >= 0.6 is 12.2 Å². The van der Waals surface area contributed by atoms with Gasteiger partial charge in [-0.05, 0) is 12.8 Å². The van der Waals surface area contributed by atoms with Crippen molar-refractivity contribution in [3.63, 3.8) is 0 Å². The van der Waals surface area contributed by atoms with E-state index in [1.165, 1.54) is 64.2 Å². The van der Waals surface area contributed by atoms with Crippen LogP contribution in [0.3, 0.4) is 0 Å². The molecule has 136 valence electrons. The van der Waals surface area contributed by atoms with Gasteiger partial charge in [0.15, 0.2) is 9.84 Å². The summed E-state index contributed by atoms with van der Waals surface area (Å²) in [4.78, 5) is 3.20. The van der Waals surface area contributed by atoms with Crippen LogP contribution in [0.5, 0.6) is 0 Å². The first-order valence-electron chi connectivity index (χ1n) is 9.49. The summed E-state index contributed by atoms with van der Waals surface area (Å²) >= 11 is 5.75. The molecule has 1 aliphatic heterocycles. The number of hydrogen-bond acceptors (Lipinski definition) is 3. The summed E-state index contributed by atoms with van der Waals surface area (Å²) in [6.45, 7) is 5.67. The fourth-order valence-electron chi connectivity index (χ4n) is 3.22. The molecule has 5 heteroatoms. The third kappa shape index (κ3) is 8.48.